The Morgan fingerprint density at radius 1 is 1.28 bits per heavy atom. The number of likely N-dealkylation sites (tertiary alicyclic amines) is 1. The lowest BCUT2D eigenvalue weighted by molar-refractivity contribution is -0.139. The number of phenolic OH excluding ortho intramolecular Hbond substituents is 1. The van der Waals surface area contributed by atoms with Gasteiger partial charge in [-0.05, 0) is 80.8 Å². The van der Waals surface area contributed by atoms with E-state index in [9.17, 15) is 24.6 Å². The molecule has 10 heteroatoms. The Bertz CT molecular complexity index is 1110. The third-order valence-corrected chi connectivity index (χ3v) is 6.94. The average molecular weight is 496 g/mol. The van der Waals surface area contributed by atoms with E-state index in [0.29, 0.717) is 18.9 Å². The van der Waals surface area contributed by atoms with Gasteiger partial charge in [0.15, 0.2) is 0 Å². The van der Waals surface area contributed by atoms with E-state index < -0.39 is 17.9 Å². The SMILES string of the molecule is O=CNc1cc(C(=O)NC(CCN2CC[C@@H](CCc3ccc4c(n3)NCCC4)C2)C(=O)O)ccc1O. The van der Waals surface area contributed by atoms with Gasteiger partial charge in [0.25, 0.3) is 5.91 Å². The number of nitrogens with one attached hydrogen (secondary N) is 3. The second-order valence-electron chi connectivity index (χ2n) is 9.48. The van der Waals surface area contributed by atoms with Crippen LogP contribution in [0.2, 0.25) is 0 Å². The molecule has 0 spiro atoms. The summed E-state index contributed by atoms with van der Waals surface area (Å²) < 4.78 is 0. The van der Waals surface area contributed by atoms with Crippen LogP contribution in [0, 0.1) is 5.92 Å². The predicted octanol–water partition coefficient (Wildman–Crippen LogP) is 2.24. The zero-order valence-electron chi connectivity index (χ0n) is 20.2. The third kappa shape index (κ3) is 6.51. The number of anilines is 2. The van der Waals surface area contributed by atoms with E-state index in [-0.39, 0.29) is 23.4 Å². The van der Waals surface area contributed by atoms with Crippen molar-refractivity contribution >= 4 is 29.8 Å². The third-order valence-electron chi connectivity index (χ3n) is 6.94. The smallest absolute Gasteiger partial charge is 0.326 e. The first-order chi connectivity index (χ1) is 17.4. The van der Waals surface area contributed by atoms with Crippen LogP contribution in [-0.2, 0) is 22.4 Å². The fourth-order valence-electron chi connectivity index (χ4n) is 4.88. The normalized spacial score (nSPS) is 18.1. The van der Waals surface area contributed by atoms with Crippen LogP contribution in [0.15, 0.2) is 30.3 Å². The maximum absolute atomic E-state index is 12.6. The van der Waals surface area contributed by atoms with Crippen LogP contribution in [0.25, 0.3) is 0 Å². The molecule has 2 amide bonds. The minimum atomic E-state index is -1.10. The van der Waals surface area contributed by atoms with Gasteiger partial charge in [0.05, 0.1) is 5.69 Å². The van der Waals surface area contributed by atoms with Crippen LogP contribution < -0.4 is 16.0 Å². The van der Waals surface area contributed by atoms with Crippen molar-refractivity contribution in [2.75, 3.05) is 36.8 Å². The Morgan fingerprint density at radius 2 is 2.14 bits per heavy atom. The molecule has 1 aromatic heterocycles. The van der Waals surface area contributed by atoms with Crippen molar-refractivity contribution in [1.29, 1.82) is 0 Å². The number of aromatic hydroxyl groups is 1. The summed E-state index contributed by atoms with van der Waals surface area (Å²) in [6.07, 6.45) is 5.93. The monoisotopic (exact) mass is 495 g/mol. The number of carboxylic acids is 1. The molecule has 4 rings (SSSR count). The van der Waals surface area contributed by atoms with E-state index in [2.05, 4.69) is 33.0 Å². The number of pyridine rings is 1. The zero-order chi connectivity index (χ0) is 25.5. The first-order valence-electron chi connectivity index (χ1n) is 12.4. The Morgan fingerprint density at radius 3 is 2.94 bits per heavy atom. The highest BCUT2D eigenvalue weighted by Gasteiger charge is 2.26. The predicted molar refractivity (Wildman–Crippen MR) is 135 cm³/mol. The van der Waals surface area contributed by atoms with Crippen LogP contribution in [0.4, 0.5) is 11.5 Å². The number of hydrogen-bond acceptors (Lipinski definition) is 7. The summed E-state index contributed by atoms with van der Waals surface area (Å²) in [4.78, 5) is 42.1. The number of rotatable bonds is 11. The molecule has 0 radical (unpaired) electrons. The lowest BCUT2D eigenvalue weighted by Crippen LogP contribution is -2.43. The molecule has 192 valence electrons. The number of amides is 2. The van der Waals surface area contributed by atoms with Crippen LogP contribution in [0.3, 0.4) is 0 Å². The first kappa shape index (κ1) is 25.4. The molecule has 1 aromatic carbocycles. The summed E-state index contributed by atoms with van der Waals surface area (Å²) in [7, 11) is 0. The summed E-state index contributed by atoms with van der Waals surface area (Å²) in [5.74, 6) is -0.304. The largest absolute Gasteiger partial charge is 0.506 e. The molecule has 1 unspecified atom stereocenters. The summed E-state index contributed by atoms with van der Waals surface area (Å²) in [6.45, 7) is 3.36. The Labute approximate surface area is 210 Å². The van der Waals surface area contributed by atoms with Gasteiger partial charge in [-0.25, -0.2) is 9.78 Å². The van der Waals surface area contributed by atoms with E-state index in [1.54, 1.807) is 0 Å². The zero-order valence-corrected chi connectivity index (χ0v) is 20.2. The minimum absolute atomic E-state index is 0.0782. The molecule has 36 heavy (non-hydrogen) atoms. The van der Waals surface area contributed by atoms with E-state index in [0.717, 1.165) is 63.3 Å². The van der Waals surface area contributed by atoms with Gasteiger partial charge < -0.3 is 31.1 Å². The molecule has 0 bridgehead atoms. The highest BCUT2D eigenvalue weighted by atomic mass is 16.4. The molecule has 5 N–H and O–H groups in total. The number of carbonyl (C=O) groups excluding carboxylic acids is 2. The van der Waals surface area contributed by atoms with Crippen molar-refractivity contribution < 1.29 is 24.6 Å². The van der Waals surface area contributed by atoms with Gasteiger partial charge in [-0.3, -0.25) is 9.59 Å². The van der Waals surface area contributed by atoms with Crippen molar-refractivity contribution in [3.05, 3.63) is 47.2 Å². The number of carboxylic acid groups (broad SMARTS) is 1. The maximum Gasteiger partial charge on any atom is 0.326 e. The van der Waals surface area contributed by atoms with E-state index in [1.807, 2.05) is 0 Å². The number of hydrogen-bond donors (Lipinski definition) is 5. The van der Waals surface area contributed by atoms with Gasteiger partial charge in [0.2, 0.25) is 6.41 Å². The van der Waals surface area contributed by atoms with Crippen molar-refractivity contribution in [2.24, 2.45) is 5.92 Å². The van der Waals surface area contributed by atoms with E-state index >= 15 is 0 Å². The van der Waals surface area contributed by atoms with Crippen molar-refractivity contribution in [3.63, 3.8) is 0 Å². The van der Waals surface area contributed by atoms with Crippen LogP contribution in [0.5, 0.6) is 5.75 Å². The van der Waals surface area contributed by atoms with Crippen LogP contribution in [-0.4, -0.2) is 70.6 Å². The van der Waals surface area contributed by atoms with Crippen molar-refractivity contribution in [2.45, 2.75) is 44.6 Å². The molecule has 10 nitrogen and oxygen atoms in total. The van der Waals surface area contributed by atoms with Gasteiger partial charge in [-0.1, -0.05) is 6.07 Å². The number of aryl methyl sites for hydroxylation is 2. The highest BCUT2D eigenvalue weighted by molar-refractivity contribution is 5.98. The Balaban J connectivity index is 1.24. The maximum atomic E-state index is 12.6. The van der Waals surface area contributed by atoms with Gasteiger partial charge in [-0.2, -0.15) is 0 Å². The van der Waals surface area contributed by atoms with Gasteiger partial charge >= 0.3 is 5.97 Å². The highest BCUT2D eigenvalue weighted by Crippen LogP contribution is 2.25. The number of benzene rings is 1. The number of fused-ring (bicyclic) bond motifs is 1. The number of carbonyl (C=O) groups is 3. The number of aliphatic carboxylic acids is 1. The Hall–Kier alpha value is -3.66. The molecule has 2 aromatic rings. The number of phenols is 1. The van der Waals surface area contributed by atoms with Gasteiger partial charge in [0, 0.05) is 30.9 Å². The molecule has 0 aliphatic carbocycles. The van der Waals surface area contributed by atoms with E-state index in [4.69, 9.17) is 4.98 Å². The molecule has 0 saturated carbocycles. The quantitative estimate of drug-likeness (QED) is 0.236. The average Bonchev–Trinajstić information content (AvgIpc) is 3.34. The summed E-state index contributed by atoms with van der Waals surface area (Å²) in [6, 6.07) is 7.22. The van der Waals surface area contributed by atoms with Crippen LogP contribution >= 0.6 is 0 Å². The van der Waals surface area contributed by atoms with Gasteiger partial charge in [0.1, 0.15) is 17.6 Å². The Kier molecular flexibility index (Phi) is 8.37. The molecule has 2 aliphatic heterocycles. The molecular weight excluding hydrogens is 462 g/mol. The molecule has 1 fully saturated rings. The number of nitrogens with zero attached hydrogens (tertiary/aromatic N) is 2. The van der Waals surface area contributed by atoms with Crippen molar-refractivity contribution in [3.8, 4) is 5.75 Å². The topological polar surface area (TPSA) is 144 Å². The summed E-state index contributed by atoms with van der Waals surface area (Å²) in [5, 5.41) is 27.6. The van der Waals surface area contributed by atoms with Crippen molar-refractivity contribution in [1.82, 2.24) is 15.2 Å². The molecule has 2 aliphatic rings. The first-order valence-corrected chi connectivity index (χ1v) is 12.4. The lowest BCUT2D eigenvalue weighted by atomic mass is 10.00. The fraction of sp³-hybridized carbons (Fsp3) is 0.462. The number of aromatic nitrogens is 1. The van der Waals surface area contributed by atoms with Gasteiger partial charge in [-0.15, -0.1) is 0 Å². The van der Waals surface area contributed by atoms with E-state index in [1.165, 1.54) is 23.8 Å². The summed E-state index contributed by atoms with van der Waals surface area (Å²) in [5.41, 5.74) is 2.63. The minimum Gasteiger partial charge on any atom is -0.506 e. The van der Waals surface area contributed by atoms with Crippen LogP contribution in [0.1, 0.15) is 47.3 Å². The molecular formula is C26H33N5O5. The lowest BCUT2D eigenvalue weighted by Gasteiger charge is -2.20. The fourth-order valence-corrected chi connectivity index (χ4v) is 4.88. The molecule has 2 atom stereocenters. The molecule has 3 heterocycles. The summed E-state index contributed by atoms with van der Waals surface area (Å²) >= 11 is 0. The second-order valence-corrected chi connectivity index (χ2v) is 9.48. The standard InChI is InChI=1S/C26H33N5O5/c32-16-28-22-14-19(5-8-23(22)33)25(34)30-21(26(35)36)10-13-31-12-9-17(15-31)3-6-20-7-4-18-2-1-11-27-24(18)29-20/h4-5,7-8,14,16-17,21,33H,1-3,6,9-13,15H2,(H,27,29)(H,28,32)(H,30,34)(H,35,36)/t17-,21?/m1/s1. The second kappa shape index (κ2) is 11.9. The molecule has 1 saturated heterocycles.